The summed E-state index contributed by atoms with van der Waals surface area (Å²) in [5, 5.41) is 12.6. The van der Waals surface area contributed by atoms with Gasteiger partial charge in [-0.3, -0.25) is 9.88 Å². The van der Waals surface area contributed by atoms with Crippen LogP contribution in [-0.2, 0) is 5.41 Å². The van der Waals surface area contributed by atoms with Crippen molar-refractivity contribution in [2.75, 3.05) is 0 Å². The molecule has 0 fully saturated rings. The summed E-state index contributed by atoms with van der Waals surface area (Å²) in [5.41, 5.74) is 17.0. The molecule has 2 nitrogen and oxygen atoms in total. The SMILES string of the molecule is c1ccc(C2(c3ccccc3)c3ccccc3-c3ccc(C4=c5ccccc5=C(n5c6cc(-c7cccc(-c8cccc9c8sc8ccccc89)c7)ccc6c6cc7ccccc7cc65)[NH2+]4)cc32)cc1. The number of rotatable bonds is 6. The van der Waals surface area contributed by atoms with E-state index in [1.807, 2.05) is 11.3 Å². The van der Waals surface area contributed by atoms with Crippen molar-refractivity contribution in [3.05, 3.63) is 287 Å². The maximum atomic E-state index is 2.55. The molecule has 0 unspecified atom stereocenters. The lowest BCUT2D eigenvalue weighted by Crippen LogP contribution is -2.79. The van der Waals surface area contributed by atoms with E-state index in [1.54, 1.807) is 0 Å². The van der Waals surface area contributed by atoms with Gasteiger partial charge in [0.2, 0.25) is 5.82 Å². The van der Waals surface area contributed by atoms with Crippen molar-refractivity contribution in [2.24, 2.45) is 0 Å². The van der Waals surface area contributed by atoms with E-state index in [1.165, 1.54) is 136 Å². The van der Waals surface area contributed by atoms with E-state index >= 15 is 0 Å². The quantitative estimate of drug-likeness (QED) is 0.172. The molecule has 1 aliphatic carbocycles. The number of thiophene rings is 1. The number of nitrogens with zero attached hydrogens (tertiary/aromatic N) is 1. The van der Waals surface area contributed by atoms with Crippen molar-refractivity contribution < 1.29 is 5.32 Å². The van der Waals surface area contributed by atoms with Gasteiger partial charge in [-0.1, -0.05) is 194 Å². The highest BCUT2D eigenvalue weighted by Crippen LogP contribution is 2.56. The number of nitrogens with two attached hydrogens (primary N) is 1. The zero-order valence-corrected chi connectivity index (χ0v) is 38.9. The lowest BCUT2D eigenvalue weighted by atomic mass is 9.67. The maximum absolute atomic E-state index is 2.55. The van der Waals surface area contributed by atoms with Gasteiger partial charge in [-0.15, -0.1) is 11.3 Å². The molecule has 326 valence electrons. The van der Waals surface area contributed by atoms with Gasteiger partial charge >= 0.3 is 0 Å². The van der Waals surface area contributed by atoms with Crippen molar-refractivity contribution in [3.8, 4) is 33.4 Å². The van der Waals surface area contributed by atoms with Gasteiger partial charge in [0.05, 0.1) is 26.9 Å². The Kier molecular flexibility index (Phi) is 8.56. The van der Waals surface area contributed by atoms with Crippen LogP contribution in [0.4, 0.5) is 0 Å². The predicted molar refractivity (Wildman–Crippen MR) is 293 cm³/mol. The molecule has 0 saturated heterocycles. The summed E-state index contributed by atoms with van der Waals surface area (Å²) in [7, 11) is 0. The lowest BCUT2D eigenvalue weighted by Gasteiger charge is -2.34. The highest BCUT2D eigenvalue weighted by Gasteiger charge is 2.46. The van der Waals surface area contributed by atoms with E-state index in [0.717, 1.165) is 0 Å². The Balaban J connectivity index is 0.935. The van der Waals surface area contributed by atoms with E-state index < -0.39 is 5.41 Å². The Bertz CT molecular complexity index is 4400. The van der Waals surface area contributed by atoms with Crippen molar-refractivity contribution >= 4 is 75.6 Å². The fourth-order valence-electron chi connectivity index (χ4n) is 12.3. The Hall–Kier alpha value is -8.60. The summed E-state index contributed by atoms with van der Waals surface area (Å²) in [6.07, 6.45) is 0. The second-order valence-electron chi connectivity index (χ2n) is 18.9. The molecule has 0 spiro atoms. The summed E-state index contributed by atoms with van der Waals surface area (Å²) in [6.45, 7) is 0. The first-order valence-corrected chi connectivity index (χ1v) is 25.0. The Morgan fingerprint density at radius 2 is 0.971 bits per heavy atom. The zero-order chi connectivity index (χ0) is 45.9. The molecule has 0 saturated carbocycles. The van der Waals surface area contributed by atoms with Crippen LogP contribution in [-0.4, -0.2) is 4.57 Å². The van der Waals surface area contributed by atoms with E-state index in [9.17, 15) is 0 Å². The van der Waals surface area contributed by atoms with Crippen LogP contribution in [0.5, 0.6) is 0 Å². The Morgan fingerprint density at radius 1 is 0.357 bits per heavy atom. The molecule has 11 aromatic carbocycles. The molecule has 2 aromatic heterocycles. The largest absolute Gasteiger partial charge is 0.265 e. The van der Waals surface area contributed by atoms with Crippen LogP contribution >= 0.6 is 11.3 Å². The van der Waals surface area contributed by atoms with E-state index in [4.69, 9.17) is 0 Å². The maximum Gasteiger partial charge on any atom is 0.223 e. The van der Waals surface area contributed by atoms with Crippen LogP contribution < -0.4 is 15.8 Å². The molecule has 2 N–H and O–H groups in total. The Morgan fingerprint density at radius 3 is 1.81 bits per heavy atom. The third kappa shape index (κ3) is 5.65. The number of hydrogen-bond donors (Lipinski definition) is 1. The number of aromatic nitrogens is 1. The van der Waals surface area contributed by atoms with Crippen molar-refractivity contribution in [1.29, 1.82) is 0 Å². The molecule has 13 aromatic rings. The van der Waals surface area contributed by atoms with Crippen LogP contribution in [0.15, 0.2) is 249 Å². The molecule has 0 radical (unpaired) electrons. The van der Waals surface area contributed by atoms with Crippen molar-refractivity contribution in [3.63, 3.8) is 0 Å². The van der Waals surface area contributed by atoms with Gasteiger partial charge in [0.15, 0.2) is 5.70 Å². The molecule has 3 heteroatoms. The van der Waals surface area contributed by atoms with Crippen LogP contribution in [0.2, 0.25) is 0 Å². The number of quaternary nitrogens is 1. The highest BCUT2D eigenvalue weighted by atomic mass is 32.1. The lowest BCUT2D eigenvalue weighted by molar-refractivity contribution is -0.465. The summed E-state index contributed by atoms with van der Waals surface area (Å²) >= 11 is 1.89. The number of benzene rings is 11. The van der Waals surface area contributed by atoms with Crippen LogP contribution in [0.1, 0.15) is 27.8 Å². The summed E-state index contributed by atoms with van der Waals surface area (Å²) < 4.78 is 5.21. The fraction of sp³-hybridized carbons (Fsp3) is 0.0149. The molecular weight excluding hydrogens is 865 g/mol. The molecule has 15 rings (SSSR count). The minimum atomic E-state index is -0.484. The van der Waals surface area contributed by atoms with Crippen molar-refractivity contribution in [1.82, 2.24) is 4.57 Å². The van der Waals surface area contributed by atoms with Gasteiger partial charge in [0.1, 0.15) is 0 Å². The molecule has 0 amide bonds. The zero-order valence-electron chi connectivity index (χ0n) is 38.1. The first-order chi connectivity index (χ1) is 34.7. The molecule has 0 bridgehead atoms. The normalized spacial score (nSPS) is 13.7. The smallest absolute Gasteiger partial charge is 0.223 e. The summed E-state index contributed by atoms with van der Waals surface area (Å²) in [4.78, 5) is 0. The van der Waals surface area contributed by atoms with Crippen LogP contribution in [0.3, 0.4) is 0 Å². The van der Waals surface area contributed by atoms with Gasteiger partial charge in [-0.05, 0) is 121 Å². The molecule has 1 aliphatic heterocycles. The fourth-order valence-corrected chi connectivity index (χ4v) is 13.5. The molecule has 2 aliphatic rings. The van der Waals surface area contributed by atoms with Crippen LogP contribution in [0.25, 0.3) is 97.6 Å². The van der Waals surface area contributed by atoms with Gasteiger partial charge in [0.25, 0.3) is 0 Å². The third-order valence-electron chi connectivity index (χ3n) is 15.3. The minimum absolute atomic E-state index is 0.484. The average molecular weight is 908 g/mol. The monoisotopic (exact) mass is 907 g/mol. The van der Waals surface area contributed by atoms with Gasteiger partial charge in [0, 0.05) is 36.5 Å². The van der Waals surface area contributed by atoms with E-state index in [2.05, 4.69) is 259 Å². The average Bonchev–Trinajstić information content (AvgIpc) is 4.17. The third-order valence-corrected chi connectivity index (χ3v) is 16.5. The minimum Gasteiger partial charge on any atom is -0.265 e. The second-order valence-corrected chi connectivity index (χ2v) is 20.0. The second kappa shape index (κ2) is 15.2. The van der Waals surface area contributed by atoms with Crippen LogP contribution in [0, 0.1) is 0 Å². The predicted octanol–water partition coefficient (Wildman–Crippen LogP) is 14.4. The number of hydrogen-bond acceptors (Lipinski definition) is 1. The molecule has 70 heavy (non-hydrogen) atoms. The number of fused-ring (bicyclic) bond motifs is 11. The Labute approximate surface area is 409 Å². The first kappa shape index (κ1) is 39.4. The van der Waals surface area contributed by atoms with E-state index in [0.29, 0.717) is 0 Å². The van der Waals surface area contributed by atoms with Crippen molar-refractivity contribution in [2.45, 2.75) is 5.41 Å². The summed E-state index contributed by atoms with van der Waals surface area (Å²) in [6, 6.07) is 92.9. The standard InChI is InChI=1S/C67H42N2S/c1-3-21-48(22-4-1)67(49-23-5-2-6-24-49)59-31-13-11-25-51(59)52-35-34-47(39-60(52)67)64-55-27-9-10-28-57(55)66(68-64)69-61-41-45(33-36-53(61)58-38-43-17-7-8-18-44(43)40-62(58)69)42-19-15-20-46(37-42)50-29-16-30-56-54-26-12-14-32-63(54)70-65(50)56/h1-41,68H/p+1. The van der Waals surface area contributed by atoms with Gasteiger partial charge < -0.3 is 0 Å². The molecule has 0 atom stereocenters. The topological polar surface area (TPSA) is 21.5 Å². The summed E-state index contributed by atoms with van der Waals surface area (Å²) in [5.74, 6) is 1.18. The molecular formula is C67H43N2S+. The molecule has 3 heterocycles. The van der Waals surface area contributed by atoms with Gasteiger partial charge in [-0.2, -0.15) is 0 Å². The van der Waals surface area contributed by atoms with E-state index in [-0.39, 0.29) is 0 Å². The first-order valence-electron chi connectivity index (χ1n) is 24.2. The van der Waals surface area contributed by atoms with Gasteiger partial charge in [-0.25, -0.2) is 0 Å². The highest BCUT2D eigenvalue weighted by molar-refractivity contribution is 7.26.